The van der Waals surface area contributed by atoms with Crippen molar-refractivity contribution >= 4 is 29.2 Å². The van der Waals surface area contributed by atoms with Crippen molar-refractivity contribution in [3.8, 4) is 0 Å². The number of carbonyl (C=O) groups excluding carboxylic acids is 2. The monoisotopic (exact) mass is 380 g/mol. The van der Waals surface area contributed by atoms with E-state index in [-0.39, 0.29) is 17.9 Å². The molecular weight excluding hydrogens is 356 g/mol. The van der Waals surface area contributed by atoms with Crippen LogP contribution in [0.25, 0.3) is 6.08 Å². The van der Waals surface area contributed by atoms with Crippen molar-refractivity contribution in [2.24, 2.45) is 11.8 Å². The van der Waals surface area contributed by atoms with Crippen LogP contribution in [0.5, 0.6) is 0 Å². The van der Waals surface area contributed by atoms with Crippen LogP contribution in [0, 0.1) is 18.8 Å². The number of benzene rings is 1. The van der Waals surface area contributed by atoms with E-state index in [4.69, 9.17) is 0 Å². The highest BCUT2D eigenvalue weighted by Crippen LogP contribution is 2.44. The fourth-order valence-electron chi connectivity index (χ4n) is 4.32. The van der Waals surface area contributed by atoms with Gasteiger partial charge in [-0.15, -0.1) is 11.3 Å². The Balaban J connectivity index is 1.52. The number of hydrogen-bond donors (Lipinski definition) is 2. The summed E-state index contributed by atoms with van der Waals surface area (Å²) in [5, 5.41) is 7.97. The number of nitrogens with one attached hydrogen (secondary N) is 2. The van der Waals surface area contributed by atoms with E-state index >= 15 is 0 Å². The van der Waals surface area contributed by atoms with Crippen LogP contribution < -0.4 is 10.6 Å². The lowest BCUT2D eigenvalue weighted by Gasteiger charge is -2.23. The molecule has 3 atom stereocenters. The number of fused-ring (bicyclic) bond motifs is 2. The molecule has 4 rings (SSSR count). The molecule has 2 saturated carbocycles. The molecule has 2 aliphatic rings. The maximum absolute atomic E-state index is 12.9. The van der Waals surface area contributed by atoms with E-state index in [1.54, 1.807) is 23.5 Å². The summed E-state index contributed by atoms with van der Waals surface area (Å²) < 4.78 is 0. The number of thiophene rings is 1. The second-order valence-corrected chi connectivity index (χ2v) is 8.63. The van der Waals surface area contributed by atoms with Gasteiger partial charge in [-0.25, -0.2) is 0 Å². The number of amides is 2. The average Bonchev–Trinajstić information content (AvgIpc) is 3.39. The zero-order chi connectivity index (χ0) is 18.8. The summed E-state index contributed by atoms with van der Waals surface area (Å²) in [7, 11) is 0. The average molecular weight is 381 g/mol. The molecule has 2 N–H and O–H groups in total. The van der Waals surface area contributed by atoms with Crippen LogP contribution in [0.4, 0.5) is 0 Å². The summed E-state index contributed by atoms with van der Waals surface area (Å²) >= 11 is 1.54. The first-order valence-electron chi connectivity index (χ1n) is 9.52. The lowest BCUT2D eigenvalue weighted by atomic mass is 9.95. The molecule has 2 aromatic rings. The normalized spacial score (nSPS) is 24.0. The third-order valence-electron chi connectivity index (χ3n) is 5.66. The van der Waals surface area contributed by atoms with Gasteiger partial charge in [0.1, 0.15) is 5.70 Å². The maximum atomic E-state index is 12.9. The topological polar surface area (TPSA) is 58.2 Å². The SMILES string of the molecule is Cc1cccc(C(=O)N/C(=C\c2cccs2)C(=O)N[C@H]2C[C@@H]3CC[C@@H]2C3)c1. The Morgan fingerprint density at radius 3 is 2.70 bits per heavy atom. The van der Waals surface area contributed by atoms with Gasteiger partial charge in [-0.05, 0) is 67.7 Å². The smallest absolute Gasteiger partial charge is 0.268 e. The van der Waals surface area contributed by atoms with Crippen LogP contribution in [0.2, 0.25) is 0 Å². The Hall–Kier alpha value is -2.40. The van der Waals surface area contributed by atoms with Gasteiger partial charge >= 0.3 is 0 Å². The number of hydrogen-bond acceptors (Lipinski definition) is 3. The molecule has 0 spiro atoms. The van der Waals surface area contributed by atoms with Crippen LogP contribution in [-0.4, -0.2) is 17.9 Å². The van der Waals surface area contributed by atoms with Gasteiger partial charge in [-0.1, -0.05) is 30.2 Å². The molecule has 0 aliphatic heterocycles. The summed E-state index contributed by atoms with van der Waals surface area (Å²) in [5.41, 5.74) is 1.88. The molecule has 1 aromatic heterocycles. The number of aryl methyl sites for hydroxylation is 1. The van der Waals surface area contributed by atoms with Gasteiger partial charge in [0.15, 0.2) is 0 Å². The predicted octanol–water partition coefficient (Wildman–Crippen LogP) is 4.13. The Morgan fingerprint density at radius 2 is 2.04 bits per heavy atom. The van der Waals surface area contributed by atoms with E-state index in [9.17, 15) is 9.59 Å². The molecule has 2 bridgehead atoms. The maximum Gasteiger partial charge on any atom is 0.268 e. The zero-order valence-corrected chi connectivity index (χ0v) is 16.2. The summed E-state index contributed by atoms with van der Waals surface area (Å²) in [6.45, 7) is 1.95. The number of rotatable bonds is 5. The quantitative estimate of drug-likeness (QED) is 0.766. The highest BCUT2D eigenvalue weighted by Gasteiger charge is 2.40. The third kappa shape index (κ3) is 4.14. The second-order valence-electron chi connectivity index (χ2n) is 7.65. The molecule has 2 aliphatic carbocycles. The summed E-state index contributed by atoms with van der Waals surface area (Å²) in [6.07, 6.45) is 6.55. The largest absolute Gasteiger partial charge is 0.348 e. The molecule has 0 saturated heterocycles. The molecule has 0 radical (unpaired) electrons. The fourth-order valence-corrected chi connectivity index (χ4v) is 4.98. The van der Waals surface area contributed by atoms with Crippen molar-refractivity contribution in [2.75, 3.05) is 0 Å². The molecule has 2 amide bonds. The van der Waals surface area contributed by atoms with Gasteiger partial charge in [0.2, 0.25) is 0 Å². The fraction of sp³-hybridized carbons (Fsp3) is 0.364. The van der Waals surface area contributed by atoms with Crippen molar-refractivity contribution in [1.82, 2.24) is 10.6 Å². The van der Waals surface area contributed by atoms with E-state index in [0.717, 1.165) is 22.8 Å². The van der Waals surface area contributed by atoms with Crippen molar-refractivity contribution in [3.05, 3.63) is 63.5 Å². The van der Waals surface area contributed by atoms with Crippen molar-refractivity contribution in [2.45, 2.75) is 38.6 Å². The van der Waals surface area contributed by atoms with Crippen LogP contribution in [-0.2, 0) is 4.79 Å². The minimum atomic E-state index is -0.260. The highest BCUT2D eigenvalue weighted by molar-refractivity contribution is 7.10. The minimum absolute atomic E-state index is 0.193. The van der Waals surface area contributed by atoms with Gasteiger partial charge in [-0.2, -0.15) is 0 Å². The van der Waals surface area contributed by atoms with E-state index in [0.29, 0.717) is 17.2 Å². The Morgan fingerprint density at radius 1 is 1.15 bits per heavy atom. The van der Waals surface area contributed by atoms with E-state index in [1.165, 1.54) is 19.3 Å². The standard InChI is InChI=1S/C22H24N2O2S/c1-14-4-2-5-17(10-14)21(25)24-20(13-18-6-3-9-27-18)22(26)23-19-12-15-7-8-16(19)11-15/h2-6,9-10,13,15-16,19H,7-8,11-12H2,1H3,(H,23,26)(H,24,25)/b20-13-/t15-,16-,19+/m1/s1. The van der Waals surface area contributed by atoms with Crippen LogP contribution in [0.15, 0.2) is 47.5 Å². The molecule has 0 unspecified atom stereocenters. The predicted molar refractivity (Wildman–Crippen MR) is 108 cm³/mol. The molecule has 4 nitrogen and oxygen atoms in total. The van der Waals surface area contributed by atoms with Crippen molar-refractivity contribution in [3.63, 3.8) is 0 Å². The Kier molecular flexibility index (Phi) is 5.12. The molecule has 140 valence electrons. The van der Waals surface area contributed by atoms with E-state index < -0.39 is 0 Å². The molecular formula is C22H24N2O2S. The van der Waals surface area contributed by atoms with Crippen molar-refractivity contribution in [1.29, 1.82) is 0 Å². The minimum Gasteiger partial charge on any atom is -0.348 e. The Labute approximate surface area is 163 Å². The van der Waals surface area contributed by atoms with Crippen LogP contribution in [0.1, 0.15) is 46.5 Å². The van der Waals surface area contributed by atoms with Gasteiger partial charge in [-0.3, -0.25) is 9.59 Å². The lowest BCUT2D eigenvalue weighted by Crippen LogP contribution is -2.42. The lowest BCUT2D eigenvalue weighted by molar-refractivity contribution is -0.118. The summed E-state index contributed by atoms with van der Waals surface area (Å²) in [6, 6.07) is 11.5. The van der Waals surface area contributed by atoms with Crippen molar-refractivity contribution < 1.29 is 9.59 Å². The van der Waals surface area contributed by atoms with Crippen LogP contribution in [0.3, 0.4) is 0 Å². The highest BCUT2D eigenvalue weighted by atomic mass is 32.1. The van der Waals surface area contributed by atoms with Crippen LogP contribution >= 0.6 is 11.3 Å². The number of carbonyl (C=O) groups is 2. The molecule has 27 heavy (non-hydrogen) atoms. The first-order chi connectivity index (χ1) is 13.1. The van der Waals surface area contributed by atoms with Gasteiger partial charge in [0.05, 0.1) is 0 Å². The van der Waals surface area contributed by atoms with Gasteiger partial charge < -0.3 is 10.6 Å². The van der Waals surface area contributed by atoms with E-state index in [1.807, 2.05) is 42.6 Å². The Bertz CT molecular complexity index is 872. The van der Waals surface area contributed by atoms with Gasteiger partial charge in [0, 0.05) is 16.5 Å². The van der Waals surface area contributed by atoms with E-state index in [2.05, 4.69) is 10.6 Å². The van der Waals surface area contributed by atoms with Gasteiger partial charge in [0.25, 0.3) is 11.8 Å². The second kappa shape index (κ2) is 7.69. The first-order valence-corrected chi connectivity index (χ1v) is 10.4. The molecule has 1 aromatic carbocycles. The molecule has 2 fully saturated rings. The third-order valence-corrected chi connectivity index (χ3v) is 6.48. The molecule has 5 heteroatoms. The summed E-state index contributed by atoms with van der Waals surface area (Å²) in [4.78, 5) is 26.6. The molecule has 1 heterocycles. The zero-order valence-electron chi connectivity index (χ0n) is 15.4. The first kappa shape index (κ1) is 18.0. The summed E-state index contributed by atoms with van der Waals surface area (Å²) in [5.74, 6) is 0.896.